The van der Waals surface area contributed by atoms with Crippen LogP contribution in [0.2, 0.25) is 0 Å². The van der Waals surface area contributed by atoms with Gasteiger partial charge in [0.15, 0.2) is 18.1 Å². The lowest BCUT2D eigenvalue weighted by Crippen LogP contribution is -2.24. The minimum atomic E-state index is -0.476. The predicted molar refractivity (Wildman–Crippen MR) is 119 cm³/mol. The molecule has 0 heterocycles. The van der Waals surface area contributed by atoms with Gasteiger partial charge in [-0.25, -0.2) is 10.2 Å². The van der Waals surface area contributed by atoms with Crippen molar-refractivity contribution in [3.63, 3.8) is 0 Å². The van der Waals surface area contributed by atoms with Gasteiger partial charge in [0.2, 0.25) is 0 Å². The second kappa shape index (κ2) is 11.2. The van der Waals surface area contributed by atoms with Gasteiger partial charge in [-0.15, -0.1) is 0 Å². The van der Waals surface area contributed by atoms with Crippen LogP contribution in [-0.4, -0.2) is 38.9 Å². The summed E-state index contributed by atoms with van der Waals surface area (Å²) in [5.74, 6) is 1.15. The van der Waals surface area contributed by atoms with E-state index in [9.17, 15) is 9.59 Å². The van der Waals surface area contributed by atoms with Crippen molar-refractivity contribution < 1.29 is 28.5 Å². The summed E-state index contributed by atoms with van der Waals surface area (Å²) in [5, 5.41) is 3.90. The number of para-hydroxylation sites is 2. The van der Waals surface area contributed by atoms with E-state index in [0.29, 0.717) is 34.1 Å². The first kappa shape index (κ1) is 22.4. The molecular weight excluding hydrogens is 412 g/mol. The third-order valence-electron chi connectivity index (χ3n) is 4.25. The fourth-order valence-electron chi connectivity index (χ4n) is 2.61. The van der Waals surface area contributed by atoms with Gasteiger partial charge in [-0.1, -0.05) is 12.1 Å². The lowest BCUT2D eigenvalue weighted by atomic mass is 10.2. The second-order valence-electron chi connectivity index (χ2n) is 6.42. The second-order valence-corrected chi connectivity index (χ2v) is 6.42. The Balaban J connectivity index is 1.47. The molecule has 8 heteroatoms. The highest BCUT2D eigenvalue weighted by molar-refractivity contribution is 5.91. The average molecular weight is 434 g/mol. The van der Waals surface area contributed by atoms with Crippen LogP contribution in [0.4, 0.5) is 0 Å². The maximum atomic E-state index is 12.2. The van der Waals surface area contributed by atoms with Crippen LogP contribution in [0.1, 0.15) is 15.9 Å². The molecule has 0 aliphatic rings. The Labute approximate surface area is 185 Å². The summed E-state index contributed by atoms with van der Waals surface area (Å²) >= 11 is 0. The standard InChI is InChI=1S/C24H22N2O6/c1-29-19-13-9-18(10-14-19)24(28)32-20-11-7-17(8-12-20)15-25-26-23(27)16-31-22-6-4-3-5-21(22)30-2/h3-15H,16H2,1-2H3,(H,26,27)/b25-15+. The zero-order valence-corrected chi connectivity index (χ0v) is 17.6. The van der Waals surface area contributed by atoms with E-state index in [0.717, 1.165) is 0 Å². The Morgan fingerprint density at radius 3 is 2.16 bits per heavy atom. The topological polar surface area (TPSA) is 95.5 Å². The molecule has 0 saturated heterocycles. The summed E-state index contributed by atoms with van der Waals surface area (Å²) in [4.78, 5) is 24.1. The number of carbonyl (C=O) groups excluding carboxylic acids is 2. The number of esters is 1. The van der Waals surface area contributed by atoms with Gasteiger partial charge in [-0.2, -0.15) is 5.10 Å². The van der Waals surface area contributed by atoms with Gasteiger partial charge in [0.1, 0.15) is 11.5 Å². The van der Waals surface area contributed by atoms with Crippen LogP contribution >= 0.6 is 0 Å². The number of methoxy groups -OCH3 is 2. The van der Waals surface area contributed by atoms with E-state index in [-0.39, 0.29) is 6.61 Å². The van der Waals surface area contributed by atoms with Gasteiger partial charge in [0.05, 0.1) is 26.0 Å². The first-order valence-electron chi connectivity index (χ1n) is 9.63. The molecule has 0 aliphatic heterocycles. The smallest absolute Gasteiger partial charge is 0.343 e. The van der Waals surface area contributed by atoms with Gasteiger partial charge in [0, 0.05) is 0 Å². The van der Waals surface area contributed by atoms with Crippen LogP contribution < -0.4 is 24.4 Å². The minimum Gasteiger partial charge on any atom is -0.497 e. The molecule has 1 N–H and O–H groups in total. The van der Waals surface area contributed by atoms with Crippen molar-refractivity contribution in [2.24, 2.45) is 5.10 Å². The molecule has 0 bridgehead atoms. The predicted octanol–water partition coefficient (Wildman–Crippen LogP) is 3.45. The number of hydrazone groups is 1. The van der Waals surface area contributed by atoms with E-state index in [1.807, 2.05) is 0 Å². The van der Waals surface area contributed by atoms with Crippen LogP contribution in [-0.2, 0) is 4.79 Å². The number of hydrogen-bond acceptors (Lipinski definition) is 7. The van der Waals surface area contributed by atoms with Gasteiger partial charge < -0.3 is 18.9 Å². The molecule has 0 unspecified atom stereocenters. The Morgan fingerprint density at radius 1 is 0.844 bits per heavy atom. The average Bonchev–Trinajstić information content (AvgIpc) is 2.84. The SMILES string of the molecule is COc1ccc(C(=O)Oc2ccc(/C=N/NC(=O)COc3ccccc3OC)cc2)cc1. The molecule has 0 spiro atoms. The summed E-state index contributed by atoms with van der Waals surface area (Å²) in [6.45, 7) is -0.210. The lowest BCUT2D eigenvalue weighted by Gasteiger charge is -2.09. The lowest BCUT2D eigenvalue weighted by molar-refractivity contribution is -0.123. The van der Waals surface area contributed by atoms with Gasteiger partial charge in [0.25, 0.3) is 5.91 Å². The molecule has 0 atom stereocenters. The maximum absolute atomic E-state index is 12.2. The van der Waals surface area contributed by atoms with Crippen molar-refractivity contribution in [2.75, 3.05) is 20.8 Å². The van der Waals surface area contributed by atoms with Gasteiger partial charge in [-0.3, -0.25) is 4.79 Å². The number of rotatable bonds is 9. The fourth-order valence-corrected chi connectivity index (χ4v) is 2.61. The molecule has 0 saturated carbocycles. The number of nitrogens with zero attached hydrogens (tertiary/aromatic N) is 1. The number of ether oxygens (including phenoxy) is 4. The molecule has 3 aromatic rings. The molecule has 0 fully saturated rings. The largest absolute Gasteiger partial charge is 0.497 e. The Hall–Kier alpha value is -4.33. The summed E-state index contributed by atoms with van der Waals surface area (Å²) < 4.78 is 21.0. The number of amides is 1. The first-order valence-corrected chi connectivity index (χ1v) is 9.63. The highest BCUT2D eigenvalue weighted by Gasteiger charge is 2.09. The van der Waals surface area contributed by atoms with Crippen molar-refractivity contribution in [3.05, 3.63) is 83.9 Å². The molecule has 3 rings (SSSR count). The molecule has 0 radical (unpaired) electrons. The third-order valence-corrected chi connectivity index (χ3v) is 4.25. The van der Waals surface area contributed by atoms with Crippen molar-refractivity contribution in [1.29, 1.82) is 0 Å². The van der Waals surface area contributed by atoms with Crippen molar-refractivity contribution >= 4 is 18.1 Å². The number of nitrogens with one attached hydrogen (secondary N) is 1. The van der Waals surface area contributed by atoms with E-state index < -0.39 is 11.9 Å². The zero-order chi connectivity index (χ0) is 22.8. The normalized spacial score (nSPS) is 10.4. The zero-order valence-electron chi connectivity index (χ0n) is 17.6. The Morgan fingerprint density at radius 2 is 1.50 bits per heavy atom. The monoisotopic (exact) mass is 434 g/mol. The molecule has 3 aromatic carbocycles. The molecule has 8 nitrogen and oxygen atoms in total. The quantitative estimate of drug-likeness (QED) is 0.240. The van der Waals surface area contributed by atoms with Crippen molar-refractivity contribution in [2.45, 2.75) is 0 Å². The van der Waals surface area contributed by atoms with Crippen LogP contribution in [0, 0.1) is 0 Å². The van der Waals surface area contributed by atoms with Crippen LogP contribution in [0.5, 0.6) is 23.0 Å². The summed E-state index contributed by atoms with van der Waals surface area (Å²) in [6, 6.07) is 20.3. The van der Waals surface area contributed by atoms with Crippen molar-refractivity contribution in [1.82, 2.24) is 5.43 Å². The highest BCUT2D eigenvalue weighted by atomic mass is 16.5. The number of hydrogen-bond donors (Lipinski definition) is 1. The molecule has 164 valence electrons. The maximum Gasteiger partial charge on any atom is 0.343 e. The van der Waals surface area contributed by atoms with E-state index in [1.54, 1.807) is 79.9 Å². The number of carbonyl (C=O) groups is 2. The van der Waals surface area contributed by atoms with Gasteiger partial charge >= 0.3 is 5.97 Å². The summed E-state index contributed by atoms with van der Waals surface area (Å²) in [5.41, 5.74) is 3.51. The molecule has 1 amide bonds. The summed E-state index contributed by atoms with van der Waals surface area (Å²) in [7, 11) is 3.08. The first-order chi connectivity index (χ1) is 15.6. The van der Waals surface area contributed by atoms with Crippen molar-refractivity contribution in [3.8, 4) is 23.0 Å². The molecule has 0 aromatic heterocycles. The van der Waals surface area contributed by atoms with Crippen LogP contribution in [0.3, 0.4) is 0 Å². The fraction of sp³-hybridized carbons (Fsp3) is 0.125. The minimum absolute atomic E-state index is 0.210. The summed E-state index contributed by atoms with van der Waals surface area (Å²) in [6.07, 6.45) is 1.47. The van der Waals surface area contributed by atoms with Crippen LogP contribution in [0.25, 0.3) is 0 Å². The van der Waals surface area contributed by atoms with E-state index >= 15 is 0 Å². The van der Waals surface area contributed by atoms with E-state index in [4.69, 9.17) is 18.9 Å². The van der Waals surface area contributed by atoms with E-state index in [2.05, 4.69) is 10.5 Å². The molecule has 0 aliphatic carbocycles. The number of benzene rings is 3. The van der Waals surface area contributed by atoms with Crippen LogP contribution in [0.15, 0.2) is 77.9 Å². The van der Waals surface area contributed by atoms with E-state index in [1.165, 1.54) is 13.3 Å². The van der Waals surface area contributed by atoms with Gasteiger partial charge in [-0.05, 0) is 66.2 Å². The Bertz CT molecular complexity index is 1080. The molecule has 32 heavy (non-hydrogen) atoms. The third kappa shape index (κ3) is 6.33. The Kier molecular flexibility index (Phi) is 7.80. The molecular formula is C24H22N2O6. The highest BCUT2D eigenvalue weighted by Crippen LogP contribution is 2.25.